The van der Waals surface area contributed by atoms with Gasteiger partial charge in [0.1, 0.15) is 5.58 Å². The average Bonchev–Trinajstić information content (AvgIpc) is 2.77. The van der Waals surface area contributed by atoms with Crippen molar-refractivity contribution in [3.63, 3.8) is 0 Å². The summed E-state index contributed by atoms with van der Waals surface area (Å²) in [6.45, 7) is 3.44. The van der Waals surface area contributed by atoms with Crippen LogP contribution in [0.25, 0.3) is 11.0 Å². The fraction of sp³-hybridized carbons (Fsp3) is 0.357. The maximum atomic E-state index is 12.1. The summed E-state index contributed by atoms with van der Waals surface area (Å²) >= 11 is 0. The van der Waals surface area contributed by atoms with Crippen LogP contribution in [0, 0.1) is 6.92 Å². The van der Waals surface area contributed by atoms with Crippen LogP contribution in [-0.2, 0) is 0 Å². The Kier molecular flexibility index (Phi) is 5.39. The third-order valence-electron chi connectivity index (χ3n) is 2.93. The molecule has 0 aliphatic rings. The van der Waals surface area contributed by atoms with E-state index in [0.29, 0.717) is 12.3 Å². The van der Waals surface area contributed by atoms with Crippen LogP contribution in [0.3, 0.4) is 0 Å². The minimum atomic E-state index is -0.0842. The largest absolute Gasteiger partial charge is 0.451 e. The monoisotopic (exact) mass is 282 g/mol. The van der Waals surface area contributed by atoms with Crippen molar-refractivity contribution < 1.29 is 9.21 Å². The van der Waals surface area contributed by atoms with Gasteiger partial charge >= 0.3 is 0 Å². The molecule has 0 saturated carbocycles. The van der Waals surface area contributed by atoms with Gasteiger partial charge in [0, 0.05) is 25.5 Å². The Morgan fingerprint density at radius 3 is 2.79 bits per heavy atom. The SMILES string of the molecule is CNCCN(C)C(=O)c1cc2cc(C)ccc2o1.Cl. The quantitative estimate of drug-likeness (QED) is 0.937. The Bertz CT molecular complexity index is 566. The van der Waals surface area contributed by atoms with Crippen molar-refractivity contribution in [1.82, 2.24) is 10.2 Å². The number of nitrogens with zero attached hydrogens (tertiary/aromatic N) is 1. The number of carbonyl (C=O) groups excluding carboxylic acids is 1. The summed E-state index contributed by atoms with van der Waals surface area (Å²) in [4.78, 5) is 13.8. The molecule has 1 heterocycles. The number of furan rings is 1. The Balaban J connectivity index is 0.00000180. The molecular formula is C14H19ClN2O2. The van der Waals surface area contributed by atoms with Gasteiger partial charge in [0.25, 0.3) is 5.91 Å². The first kappa shape index (κ1) is 15.5. The highest BCUT2D eigenvalue weighted by atomic mass is 35.5. The lowest BCUT2D eigenvalue weighted by atomic mass is 10.2. The molecule has 5 heteroatoms. The van der Waals surface area contributed by atoms with Gasteiger partial charge in [-0.25, -0.2) is 0 Å². The Morgan fingerprint density at radius 1 is 1.37 bits per heavy atom. The van der Waals surface area contributed by atoms with E-state index < -0.39 is 0 Å². The van der Waals surface area contributed by atoms with E-state index in [-0.39, 0.29) is 18.3 Å². The first-order valence-corrected chi connectivity index (χ1v) is 6.02. The molecule has 1 N–H and O–H groups in total. The van der Waals surface area contributed by atoms with E-state index in [1.807, 2.05) is 32.2 Å². The molecular weight excluding hydrogens is 264 g/mol. The maximum Gasteiger partial charge on any atom is 0.289 e. The number of rotatable bonds is 4. The number of halogens is 1. The van der Waals surface area contributed by atoms with Crippen LogP contribution in [0.4, 0.5) is 0 Å². The summed E-state index contributed by atoms with van der Waals surface area (Å²) in [5, 5.41) is 3.99. The molecule has 0 unspecified atom stereocenters. The Labute approximate surface area is 119 Å². The lowest BCUT2D eigenvalue weighted by molar-refractivity contribution is 0.0768. The van der Waals surface area contributed by atoms with E-state index in [9.17, 15) is 4.79 Å². The molecule has 0 radical (unpaired) electrons. The van der Waals surface area contributed by atoms with E-state index in [4.69, 9.17) is 4.42 Å². The summed E-state index contributed by atoms with van der Waals surface area (Å²) in [6.07, 6.45) is 0. The predicted molar refractivity (Wildman–Crippen MR) is 79.1 cm³/mol. The zero-order valence-electron chi connectivity index (χ0n) is 11.4. The number of aryl methyl sites for hydroxylation is 1. The minimum absolute atomic E-state index is 0. The lowest BCUT2D eigenvalue weighted by Crippen LogP contribution is -2.32. The molecule has 0 aliphatic carbocycles. The summed E-state index contributed by atoms with van der Waals surface area (Å²) in [7, 11) is 3.64. The third-order valence-corrected chi connectivity index (χ3v) is 2.93. The second kappa shape index (κ2) is 6.59. The predicted octanol–water partition coefficient (Wildman–Crippen LogP) is 2.45. The van der Waals surface area contributed by atoms with Crippen LogP contribution in [-0.4, -0.2) is 38.0 Å². The van der Waals surface area contributed by atoms with Crippen LogP contribution in [0.1, 0.15) is 16.1 Å². The number of benzene rings is 1. The van der Waals surface area contributed by atoms with E-state index in [0.717, 1.165) is 23.1 Å². The highest BCUT2D eigenvalue weighted by molar-refractivity contribution is 5.96. The summed E-state index contributed by atoms with van der Waals surface area (Å²) in [5.41, 5.74) is 1.91. The average molecular weight is 283 g/mol. The molecule has 0 bridgehead atoms. The molecule has 0 saturated heterocycles. The normalized spacial score (nSPS) is 10.3. The number of amides is 1. The van der Waals surface area contributed by atoms with Crippen LogP contribution in [0.15, 0.2) is 28.7 Å². The summed E-state index contributed by atoms with van der Waals surface area (Å²) in [5.74, 6) is 0.313. The van der Waals surface area contributed by atoms with Gasteiger partial charge in [-0.15, -0.1) is 12.4 Å². The number of fused-ring (bicyclic) bond motifs is 1. The van der Waals surface area contributed by atoms with Gasteiger partial charge in [-0.05, 0) is 32.2 Å². The van der Waals surface area contributed by atoms with E-state index in [2.05, 4.69) is 5.32 Å². The van der Waals surface area contributed by atoms with E-state index in [1.54, 1.807) is 18.0 Å². The zero-order valence-corrected chi connectivity index (χ0v) is 12.2. The van der Waals surface area contributed by atoms with Gasteiger partial charge in [0.05, 0.1) is 0 Å². The van der Waals surface area contributed by atoms with Crippen molar-refractivity contribution in [1.29, 1.82) is 0 Å². The van der Waals surface area contributed by atoms with Crippen LogP contribution >= 0.6 is 12.4 Å². The Morgan fingerprint density at radius 2 is 2.11 bits per heavy atom. The second-order valence-electron chi connectivity index (χ2n) is 4.48. The standard InChI is InChI=1S/C14H18N2O2.ClH/c1-10-4-5-12-11(8-10)9-13(18-12)14(17)16(3)7-6-15-2;/h4-5,8-9,15H,6-7H2,1-3H3;1H. The van der Waals surface area contributed by atoms with Crippen molar-refractivity contribution in [2.75, 3.05) is 27.2 Å². The maximum absolute atomic E-state index is 12.1. The van der Waals surface area contributed by atoms with Crippen LogP contribution in [0.5, 0.6) is 0 Å². The number of hydrogen-bond donors (Lipinski definition) is 1. The fourth-order valence-corrected chi connectivity index (χ4v) is 1.84. The molecule has 0 atom stereocenters. The molecule has 1 aromatic carbocycles. The van der Waals surface area contributed by atoms with Gasteiger partial charge in [0.2, 0.25) is 0 Å². The van der Waals surface area contributed by atoms with Crippen molar-refractivity contribution in [2.45, 2.75) is 6.92 Å². The highest BCUT2D eigenvalue weighted by Crippen LogP contribution is 2.21. The zero-order chi connectivity index (χ0) is 13.1. The second-order valence-corrected chi connectivity index (χ2v) is 4.48. The van der Waals surface area contributed by atoms with E-state index in [1.165, 1.54) is 0 Å². The lowest BCUT2D eigenvalue weighted by Gasteiger charge is -2.14. The molecule has 1 amide bonds. The molecule has 4 nitrogen and oxygen atoms in total. The van der Waals surface area contributed by atoms with Crippen molar-refractivity contribution >= 4 is 29.3 Å². The minimum Gasteiger partial charge on any atom is -0.451 e. The number of carbonyl (C=O) groups is 1. The Hall–Kier alpha value is -1.52. The molecule has 104 valence electrons. The molecule has 19 heavy (non-hydrogen) atoms. The van der Waals surface area contributed by atoms with Gasteiger partial charge in [0.15, 0.2) is 5.76 Å². The number of likely N-dealkylation sites (N-methyl/N-ethyl adjacent to an activating group) is 2. The number of hydrogen-bond acceptors (Lipinski definition) is 3. The van der Waals surface area contributed by atoms with Crippen molar-refractivity contribution in [2.24, 2.45) is 0 Å². The molecule has 1 aromatic heterocycles. The first-order valence-electron chi connectivity index (χ1n) is 6.02. The van der Waals surface area contributed by atoms with Gasteiger partial charge < -0.3 is 14.6 Å². The van der Waals surface area contributed by atoms with Crippen LogP contribution in [0.2, 0.25) is 0 Å². The molecule has 0 spiro atoms. The van der Waals surface area contributed by atoms with E-state index >= 15 is 0 Å². The molecule has 0 fully saturated rings. The third kappa shape index (κ3) is 3.49. The summed E-state index contributed by atoms with van der Waals surface area (Å²) in [6, 6.07) is 7.70. The van der Waals surface area contributed by atoms with Crippen molar-refractivity contribution in [3.8, 4) is 0 Å². The first-order chi connectivity index (χ1) is 8.61. The molecule has 2 rings (SSSR count). The van der Waals surface area contributed by atoms with Crippen molar-refractivity contribution in [3.05, 3.63) is 35.6 Å². The molecule has 0 aliphatic heterocycles. The fourth-order valence-electron chi connectivity index (χ4n) is 1.84. The van der Waals surface area contributed by atoms with Gasteiger partial charge in [-0.1, -0.05) is 11.6 Å². The van der Waals surface area contributed by atoms with Crippen LogP contribution < -0.4 is 5.32 Å². The topological polar surface area (TPSA) is 45.5 Å². The summed E-state index contributed by atoms with van der Waals surface area (Å²) < 4.78 is 5.57. The highest BCUT2D eigenvalue weighted by Gasteiger charge is 2.16. The number of nitrogens with one attached hydrogen (secondary N) is 1. The van der Waals surface area contributed by atoms with Gasteiger partial charge in [-0.2, -0.15) is 0 Å². The molecule has 2 aromatic rings. The smallest absolute Gasteiger partial charge is 0.289 e. The van der Waals surface area contributed by atoms with Gasteiger partial charge in [-0.3, -0.25) is 4.79 Å².